The molecule has 0 radical (unpaired) electrons. The van der Waals surface area contributed by atoms with Crippen LogP contribution in [0.15, 0.2) is 63.8 Å². The Labute approximate surface area is 221 Å². The Morgan fingerprint density at radius 2 is 1.76 bits per heavy atom. The Morgan fingerprint density at radius 3 is 2.39 bits per heavy atom. The van der Waals surface area contributed by atoms with Gasteiger partial charge in [0.1, 0.15) is 17.7 Å². The number of fused-ring (bicyclic) bond motifs is 1. The van der Waals surface area contributed by atoms with Crippen LogP contribution in [0.4, 0.5) is 5.69 Å². The third-order valence-corrected chi connectivity index (χ3v) is 6.33. The van der Waals surface area contributed by atoms with Crippen LogP contribution in [0.25, 0.3) is 11.0 Å². The zero-order valence-electron chi connectivity index (χ0n) is 21.7. The molecule has 0 fully saturated rings. The molecular formula is C28H35N5O5. The minimum absolute atomic E-state index is 0.157. The van der Waals surface area contributed by atoms with Gasteiger partial charge in [-0.25, -0.2) is 4.79 Å². The predicted octanol–water partition coefficient (Wildman–Crippen LogP) is 1.49. The lowest BCUT2D eigenvalue weighted by atomic mass is 10.00. The van der Waals surface area contributed by atoms with Crippen molar-refractivity contribution in [3.8, 4) is 0 Å². The molecule has 10 nitrogen and oxygen atoms in total. The van der Waals surface area contributed by atoms with Gasteiger partial charge in [0, 0.05) is 29.6 Å². The normalized spacial score (nSPS) is 13.5. The summed E-state index contributed by atoms with van der Waals surface area (Å²) in [6.07, 6.45) is 1.59. The highest BCUT2D eigenvalue weighted by Gasteiger charge is 2.35. The van der Waals surface area contributed by atoms with Gasteiger partial charge in [0.2, 0.25) is 11.8 Å². The van der Waals surface area contributed by atoms with Crippen molar-refractivity contribution in [1.82, 2.24) is 5.32 Å². The first-order valence-corrected chi connectivity index (χ1v) is 12.6. The number of nitrogens with two attached hydrogens (primary N) is 3. The average molecular weight is 522 g/mol. The van der Waals surface area contributed by atoms with Gasteiger partial charge >= 0.3 is 5.63 Å². The molecule has 0 aliphatic heterocycles. The smallest absolute Gasteiger partial charge is 0.336 e. The highest BCUT2D eigenvalue weighted by atomic mass is 16.4. The van der Waals surface area contributed by atoms with Crippen LogP contribution >= 0.6 is 0 Å². The Kier molecular flexibility index (Phi) is 9.75. The van der Waals surface area contributed by atoms with E-state index in [0.29, 0.717) is 36.0 Å². The van der Waals surface area contributed by atoms with Gasteiger partial charge in [0.25, 0.3) is 5.91 Å². The number of primary amides is 1. The number of nitrogens with zero attached hydrogens (tertiary/aromatic N) is 1. The van der Waals surface area contributed by atoms with Crippen LogP contribution in [0.1, 0.15) is 37.3 Å². The molecule has 10 heteroatoms. The lowest BCUT2D eigenvalue weighted by Crippen LogP contribution is -2.57. The summed E-state index contributed by atoms with van der Waals surface area (Å²) in [6.45, 7) is 3.71. The molecule has 0 saturated carbocycles. The summed E-state index contributed by atoms with van der Waals surface area (Å²) in [7, 11) is 0. The maximum absolute atomic E-state index is 14.2. The van der Waals surface area contributed by atoms with Crippen LogP contribution in [-0.2, 0) is 20.8 Å². The van der Waals surface area contributed by atoms with Crippen LogP contribution in [0.5, 0.6) is 0 Å². The molecule has 3 amide bonds. The molecule has 1 heterocycles. The lowest BCUT2D eigenvalue weighted by molar-refractivity contribution is -0.129. The second-order valence-corrected chi connectivity index (χ2v) is 9.38. The zero-order valence-corrected chi connectivity index (χ0v) is 21.7. The first kappa shape index (κ1) is 28.5. The third-order valence-electron chi connectivity index (χ3n) is 6.33. The molecule has 0 bridgehead atoms. The van der Waals surface area contributed by atoms with E-state index in [1.807, 2.05) is 30.3 Å². The Bertz CT molecular complexity index is 1340. The fourth-order valence-electron chi connectivity index (χ4n) is 4.33. The average Bonchev–Trinajstić information content (AvgIpc) is 2.87. The number of benzene rings is 2. The Hall–Kier alpha value is -4.02. The number of anilines is 1. The maximum Gasteiger partial charge on any atom is 0.336 e. The van der Waals surface area contributed by atoms with Crippen molar-refractivity contribution in [2.45, 2.75) is 57.7 Å². The third kappa shape index (κ3) is 7.05. The molecule has 0 unspecified atom stereocenters. The van der Waals surface area contributed by atoms with E-state index < -0.39 is 41.5 Å². The highest BCUT2D eigenvalue weighted by Crippen LogP contribution is 2.27. The summed E-state index contributed by atoms with van der Waals surface area (Å²) in [5.41, 5.74) is 18.8. The van der Waals surface area contributed by atoms with Gasteiger partial charge in [-0.15, -0.1) is 0 Å². The van der Waals surface area contributed by atoms with Crippen LogP contribution in [0, 0.1) is 6.92 Å². The predicted molar refractivity (Wildman–Crippen MR) is 146 cm³/mol. The number of amides is 3. The molecule has 0 spiro atoms. The van der Waals surface area contributed by atoms with E-state index in [1.54, 1.807) is 19.1 Å². The van der Waals surface area contributed by atoms with E-state index >= 15 is 0 Å². The topological polar surface area (TPSA) is 175 Å². The van der Waals surface area contributed by atoms with E-state index in [4.69, 9.17) is 21.6 Å². The molecule has 202 valence electrons. The lowest BCUT2D eigenvalue weighted by Gasteiger charge is -2.33. The van der Waals surface area contributed by atoms with Crippen LogP contribution < -0.4 is 33.0 Å². The second kappa shape index (κ2) is 13.0. The van der Waals surface area contributed by atoms with E-state index in [0.717, 1.165) is 5.56 Å². The summed E-state index contributed by atoms with van der Waals surface area (Å²) >= 11 is 0. The summed E-state index contributed by atoms with van der Waals surface area (Å²) in [5.74, 6) is -1.77. The molecule has 0 aliphatic rings. The van der Waals surface area contributed by atoms with E-state index in [9.17, 15) is 19.2 Å². The highest BCUT2D eigenvalue weighted by molar-refractivity contribution is 6.05. The van der Waals surface area contributed by atoms with Gasteiger partial charge in [-0.3, -0.25) is 19.3 Å². The quantitative estimate of drug-likeness (QED) is 0.206. The molecule has 38 heavy (non-hydrogen) atoms. The van der Waals surface area contributed by atoms with E-state index in [2.05, 4.69) is 5.32 Å². The van der Waals surface area contributed by atoms with Crippen molar-refractivity contribution in [1.29, 1.82) is 0 Å². The molecule has 0 aliphatic carbocycles. The molecule has 0 saturated heterocycles. The fourth-order valence-corrected chi connectivity index (χ4v) is 4.33. The maximum atomic E-state index is 14.2. The van der Waals surface area contributed by atoms with E-state index in [-0.39, 0.29) is 18.4 Å². The van der Waals surface area contributed by atoms with Gasteiger partial charge in [-0.1, -0.05) is 30.3 Å². The van der Waals surface area contributed by atoms with Gasteiger partial charge in [-0.2, -0.15) is 0 Å². The number of carbonyl (C=O) groups excluding carboxylic acids is 3. The molecular weight excluding hydrogens is 486 g/mol. The molecule has 3 atom stereocenters. The molecule has 1 aromatic heterocycles. The number of hydrogen-bond donors (Lipinski definition) is 4. The van der Waals surface area contributed by atoms with Crippen LogP contribution in [0.3, 0.4) is 0 Å². The number of hydrogen-bond acceptors (Lipinski definition) is 7. The van der Waals surface area contributed by atoms with Crippen LogP contribution in [0.2, 0.25) is 0 Å². The number of unbranched alkanes of at least 4 members (excludes halogenated alkanes) is 1. The minimum Gasteiger partial charge on any atom is -0.423 e. The van der Waals surface area contributed by atoms with Gasteiger partial charge in [-0.05, 0) is 62.9 Å². The van der Waals surface area contributed by atoms with Crippen molar-refractivity contribution in [2.75, 3.05) is 11.4 Å². The zero-order chi connectivity index (χ0) is 27.8. The summed E-state index contributed by atoms with van der Waals surface area (Å²) in [5, 5.41) is 3.42. The van der Waals surface area contributed by atoms with Crippen LogP contribution in [-0.4, -0.2) is 42.4 Å². The standard InChI is InChI=1S/C28H35N5O5/c1-17-14-25(34)38-24-16-20(11-12-21(17)24)33(23(26(31)35)10-6-7-13-29)28(37)22(32-27(36)18(2)30)15-19-8-4-3-5-9-19/h3-5,8-9,11-12,14,16,18,22-23H,6-7,10,13,15,29-30H2,1-2H3,(H2,31,35)(H,32,36)/t18-,22-,23-/m0/s1. The Balaban J connectivity index is 2.13. The van der Waals surface area contributed by atoms with Crippen molar-refractivity contribution in [2.24, 2.45) is 17.2 Å². The van der Waals surface area contributed by atoms with Crippen molar-refractivity contribution in [3.05, 3.63) is 76.1 Å². The van der Waals surface area contributed by atoms with E-state index in [1.165, 1.54) is 24.0 Å². The largest absolute Gasteiger partial charge is 0.423 e. The summed E-state index contributed by atoms with van der Waals surface area (Å²) in [4.78, 5) is 52.8. The van der Waals surface area contributed by atoms with Crippen molar-refractivity contribution < 1.29 is 18.8 Å². The second-order valence-electron chi connectivity index (χ2n) is 9.38. The first-order chi connectivity index (χ1) is 18.1. The van der Waals surface area contributed by atoms with Gasteiger partial charge in [0.15, 0.2) is 0 Å². The van der Waals surface area contributed by atoms with Gasteiger partial charge < -0.3 is 26.9 Å². The number of carbonyl (C=O) groups is 3. The summed E-state index contributed by atoms with van der Waals surface area (Å²) < 4.78 is 5.39. The fraction of sp³-hybridized carbons (Fsp3) is 0.357. The van der Waals surface area contributed by atoms with Crippen molar-refractivity contribution >= 4 is 34.4 Å². The minimum atomic E-state index is -1.05. The molecule has 7 N–H and O–H groups in total. The molecule has 2 aromatic carbocycles. The summed E-state index contributed by atoms with van der Waals surface area (Å²) in [6, 6.07) is 12.5. The monoisotopic (exact) mass is 521 g/mol. The number of nitrogens with one attached hydrogen (secondary N) is 1. The van der Waals surface area contributed by atoms with Crippen molar-refractivity contribution in [3.63, 3.8) is 0 Å². The SMILES string of the molecule is Cc1cc(=O)oc2cc(N(C(=O)[C@H](Cc3ccccc3)NC(=O)[C@H](C)N)[C@@H](CCCCN)C(N)=O)ccc12. The number of rotatable bonds is 12. The molecule has 3 aromatic rings. The Morgan fingerprint density at radius 1 is 1.05 bits per heavy atom. The molecule has 3 rings (SSSR count). The first-order valence-electron chi connectivity index (χ1n) is 12.6. The number of aryl methyl sites for hydroxylation is 1. The van der Waals surface area contributed by atoms with Gasteiger partial charge in [0.05, 0.1) is 6.04 Å².